The van der Waals surface area contributed by atoms with E-state index in [9.17, 15) is 8.78 Å². The monoisotopic (exact) mass is 399 g/mol. The van der Waals surface area contributed by atoms with Crippen LogP contribution in [0.3, 0.4) is 0 Å². The first-order valence-corrected chi connectivity index (χ1v) is 9.77. The molecule has 0 amide bonds. The molecule has 1 aromatic carbocycles. The zero-order valence-electron chi connectivity index (χ0n) is 16.7. The molecule has 8 heteroatoms. The minimum Gasteiger partial charge on any atom is -0.435 e. The lowest BCUT2D eigenvalue weighted by molar-refractivity contribution is -0.0498. The molecule has 1 aliphatic rings. The Hall–Kier alpha value is -1.93. The van der Waals surface area contributed by atoms with Crippen LogP contribution in [0.1, 0.15) is 25.3 Å². The van der Waals surface area contributed by atoms with Crippen molar-refractivity contribution in [1.29, 1.82) is 0 Å². The molecule has 0 spiro atoms. The van der Waals surface area contributed by atoms with E-state index in [0.29, 0.717) is 25.6 Å². The van der Waals surface area contributed by atoms with E-state index in [-0.39, 0.29) is 5.75 Å². The Bertz CT molecular complexity index is 579. The largest absolute Gasteiger partial charge is 0.435 e. The van der Waals surface area contributed by atoms with Crippen molar-refractivity contribution in [2.75, 3.05) is 46.6 Å². The third-order valence-corrected chi connectivity index (χ3v) is 4.35. The highest BCUT2D eigenvalue weighted by atomic mass is 19.3. The SMILES string of the molecule is CCNC(=NCCCOCC1CCOC1)N(C)Cc1ccc(OC(F)F)cc1. The van der Waals surface area contributed by atoms with Gasteiger partial charge in [-0.2, -0.15) is 8.78 Å². The Morgan fingerprint density at radius 1 is 1.36 bits per heavy atom. The number of benzene rings is 1. The number of alkyl halides is 2. The van der Waals surface area contributed by atoms with Crippen LogP contribution in [-0.4, -0.2) is 64.0 Å². The fourth-order valence-corrected chi connectivity index (χ4v) is 2.91. The highest BCUT2D eigenvalue weighted by Crippen LogP contribution is 2.16. The normalized spacial score (nSPS) is 17.2. The van der Waals surface area contributed by atoms with Gasteiger partial charge in [-0.05, 0) is 37.5 Å². The first-order valence-electron chi connectivity index (χ1n) is 9.77. The summed E-state index contributed by atoms with van der Waals surface area (Å²) in [7, 11) is 1.95. The fraction of sp³-hybridized carbons (Fsp3) is 0.650. The molecule has 0 saturated carbocycles. The second-order valence-corrected chi connectivity index (χ2v) is 6.77. The van der Waals surface area contributed by atoms with Crippen LogP contribution in [0.4, 0.5) is 8.78 Å². The first-order chi connectivity index (χ1) is 13.6. The maximum atomic E-state index is 12.2. The summed E-state index contributed by atoms with van der Waals surface area (Å²) >= 11 is 0. The van der Waals surface area contributed by atoms with E-state index in [1.807, 2.05) is 18.9 Å². The number of nitrogens with zero attached hydrogens (tertiary/aromatic N) is 2. The predicted octanol–water partition coefficient (Wildman–Crippen LogP) is 3.13. The third kappa shape index (κ3) is 8.39. The van der Waals surface area contributed by atoms with E-state index in [4.69, 9.17) is 9.47 Å². The molecule has 1 aromatic rings. The number of hydrogen-bond acceptors (Lipinski definition) is 4. The average molecular weight is 399 g/mol. The number of ether oxygens (including phenoxy) is 3. The molecular weight excluding hydrogens is 368 g/mol. The van der Waals surface area contributed by atoms with Crippen molar-refractivity contribution in [2.24, 2.45) is 10.9 Å². The predicted molar refractivity (Wildman–Crippen MR) is 105 cm³/mol. The number of halogens is 2. The van der Waals surface area contributed by atoms with Crippen LogP contribution in [0, 0.1) is 5.92 Å². The highest BCUT2D eigenvalue weighted by Gasteiger charge is 2.15. The van der Waals surface area contributed by atoms with Gasteiger partial charge < -0.3 is 24.4 Å². The van der Waals surface area contributed by atoms with Crippen LogP contribution in [0.5, 0.6) is 5.75 Å². The van der Waals surface area contributed by atoms with Gasteiger partial charge >= 0.3 is 6.61 Å². The fourth-order valence-electron chi connectivity index (χ4n) is 2.91. The standard InChI is InChI=1S/C20H31F2N3O3/c1-3-23-20(24-10-4-11-26-14-17-9-12-27-15-17)25(2)13-16-5-7-18(8-6-16)28-19(21)22/h5-8,17,19H,3-4,9-15H2,1-2H3,(H,23,24). The summed E-state index contributed by atoms with van der Waals surface area (Å²) in [6.07, 6.45) is 1.94. The molecule has 2 rings (SSSR count). The molecule has 158 valence electrons. The van der Waals surface area contributed by atoms with Crippen molar-refractivity contribution >= 4 is 5.96 Å². The Kier molecular flexibility index (Phi) is 9.99. The maximum Gasteiger partial charge on any atom is 0.387 e. The van der Waals surface area contributed by atoms with Crippen molar-refractivity contribution in [1.82, 2.24) is 10.2 Å². The van der Waals surface area contributed by atoms with Gasteiger partial charge in [0.2, 0.25) is 0 Å². The topological polar surface area (TPSA) is 55.3 Å². The summed E-state index contributed by atoms with van der Waals surface area (Å²) in [5, 5.41) is 3.27. The lowest BCUT2D eigenvalue weighted by Gasteiger charge is -2.22. The van der Waals surface area contributed by atoms with Crippen LogP contribution in [0.15, 0.2) is 29.3 Å². The highest BCUT2D eigenvalue weighted by molar-refractivity contribution is 5.79. The van der Waals surface area contributed by atoms with Crippen molar-refractivity contribution in [3.05, 3.63) is 29.8 Å². The molecule has 1 saturated heterocycles. The van der Waals surface area contributed by atoms with Gasteiger partial charge in [0.15, 0.2) is 5.96 Å². The smallest absolute Gasteiger partial charge is 0.387 e. The Labute approximate surface area is 165 Å². The zero-order chi connectivity index (χ0) is 20.2. The van der Waals surface area contributed by atoms with Crippen LogP contribution in [0.25, 0.3) is 0 Å². The molecule has 1 aliphatic heterocycles. The molecule has 1 fully saturated rings. The van der Waals surface area contributed by atoms with Gasteiger partial charge in [-0.25, -0.2) is 0 Å². The van der Waals surface area contributed by atoms with Crippen LogP contribution in [0.2, 0.25) is 0 Å². The molecular formula is C20H31F2N3O3. The van der Waals surface area contributed by atoms with Gasteiger partial charge in [0, 0.05) is 45.8 Å². The van der Waals surface area contributed by atoms with E-state index in [1.165, 1.54) is 0 Å². The summed E-state index contributed by atoms with van der Waals surface area (Å²) in [4.78, 5) is 6.64. The summed E-state index contributed by atoms with van der Waals surface area (Å²) in [6.45, 7) is 4.37. The lowest BCUT2D eigenvalue weighted by atomic mass is 10.1. The first kappa shape index (κ1) is 22.4. The number of hydrogen-bond donors (Lipinski definition) is 1. The van der Waals surface area contributed by atoms with Crippen molar-refractivity contribution in [3.8, 4) is 5.75 Å². The van der Waals surface area contributed by atoms with E-state index in [0.717, 1.165) is 50.7 Å². The molecule has 0 radical (unpaired) electrons. The van der Waals surface area contributed by atoms with Gasteiger partial charge in [-0.15, -0.1) is 0 Å². The number of guanidine groups is 1. The number of nitrogens with one attached hydrogen (secondary N) is 1. The van der Waals surface area contributed by atoms with Crippen molar-refractivity contribution in [3.63, 3.8) is 0 Å². The lowest BCUT2D eigenvalue weighted by Crippen LogP contribution is -2.38. The van der Waals surface area contributed by atoms with E-state index in [2.05, 4.69) is 15.0 Å². The zero-order valence-corrected chi connectivity index (χ0v) is 16.7. The van der Waals surface area contributed by atoms with Gasteiger partial charge in [0.1, 0.15) is 5.75 Å². The summed E-state index contributed by atoms with van der Waals surface area (Å²) in [6, 6.07) is 6.65. The van der Waals surface area contributed by atoms with E-state index in [1.54, 1.807) is 24.3 Å². The van der Waals surface area contributed by atoms with Crippen molar-refractivity contribution < 1.29 is 23.0 Å². The molecule has 0 bridgehead atoms. The molecule has 1 unspecified atom stereocenters. The quantitative estimate of drug-likeness (QED) is 0.352. The van der Waals surface area contributed by atoms with E-state index < -0.39 is 6.61 Å². The molecule has 0 aliphatic carbocycles. The summed E-state index contributed by atoms with van der Waals surface area (Å²) < 4.78 is 39.9. The van der Waals surface area contributed by atoms with Gasteiger partial charge in [0.05, 0.1) is 13.2 Å². The van der Waals surface area contributed by atoms with Gasteiger partial charge in [-0.1, -0.05) is 12.1 Å². The van der Waals surface area contributed by atoms with Gasteiger partial charge in [-0.3, -0.25) is 4.99 Å². The second-order valence-electron chi connectivity index (χ2n) is 6.77. The number of rotatable bonds is 11. The second kappa shape index (κ2) is 12.5. The Morgan fingerprint density at radius 3 is 2.79 bits per heavy atom. The van der Waals surface area contributed by atoms with Crippen molar-refractivity contribution in [2.45, 2.75) is 32.9 Å². The average Bonchev–Trinajstić information content (AvgIpc) is 3.18. The number of aliphatic imine (C=N–C) groups is 1. The molecule has 1 atom stereocenters. The minimum absolute atomic E-state index is 0.158. The Balaban J connectivity index is 1.74. The minimum atomic E-state index is -2.81. The molecule has 28 heavy (non-hydrogen) atoms. The van der Waals surface area contributed by atoms with Crippen LogP contribution < -0.4 is 10.1 Å². The summed E-state index contributed by atoms with van der Waals surface area (Å²) in [5.41, 5.74) is 0.983. The van der Waals surface area contributed by atoms with Crippen LogP contribution >= 0.6 is 0 Å². The Morgan fingerprint density at radius 2 is 2.14 bits per heavy atom. The molecule has 1 N–H and O–H groups in total. The maximum absolute atomic E-state index is 12.2. The van der Waals surface area contributed by atoms with Gasteiger partial charge in [0.25, 0.3) is 0 Å². The van der Waals surface area contributed by atoms with Crippen LogP contribution in [-0.2, 0) is 16.0 Å². The third-order valence-electron chi connectivity index (χ3n) is 4.35. The summed E-state index contributed by atoms with van der Waals surface area (Å²) in [5.74, 6) is 1.50. The molecule has 6 nitrogen and oxygen atoms in total. The molecule has 0 aromatic heterocycles. The van der Waals surface area contributed by atoms with E-state index >= 15 is 0 Å². The molecule has 1 heterocycles.